The number of ether oxygens (including phenoxy) is 1. The molecule has 1 aromatic rings. The van der Waals surface area contributed by atoms with E-state index in [-0.39, 0.29) is 5.97 Å². The molecular weight excluding hydrogens is 274 g/mol. The molecule has 0 aliphatic rings. The fourth-order valence-electron chi connectivity index (χ4n) is 1.62. The Hall–Kier alpha value is -1.14. The molecule has 114 valence electrons. The van der Waals surface area contributed by atoms with Crippen molar-refractivity contribution in [3.63, 3.8) is 0 Å². The van der Waals surface area contributed by atoms with Crippen LogP contribution in [0, 0.1) is 0 Å². The van der Waals surface area contributed by atoms with Crippen molar-refractivity contribution in [2.75, 3.05) is 32.6 Å². The zero-order chi connectivity index (χ0) is 15.0. The molecule has 0 fully saturated rings. The van der Waals surface area contributed by atoms with E-state index in [9.17, 15) is 4.79 Å². The first-order valence-corrected chi connectivity index (χ1v) is 7.86. The van der Waals surface area contributed by atoms with Gasteiger partial charge in [0.1, 0.15) is 0 Å². The molecule has 5 nitrogen and oxygen atoms in total. The summed E-state index contributed by atoms with van der Waals surface area (Å²) in [6, 6.07) is 0.583. The van der Waals surface area contributed by atoms with Crippen molar-refractivity contribution in [3.8, 4) is 0 Å². The molecule has 0 atom stereocenters. The summed E-state index contributed by atoms with van der Waals surface area (Å²) in [6.07, 6.45) is 2.12. The van der Waals surface area contributed by atoms with Gasteiger partial charge in [-0.15, -0.1) is 11.3 Å². The van der Waals surface area contributed by atoms with Crippen molar-refractivity contribution >= 4 is 22.4 Å². The molecule has 0 saturated heterocycles. The average molecular weight is 299 g/mol. The number of carbonyl (C=O) groups is 1. The molecule has 6 heteroatoms. The molecule has 1 N–H and O–H groups in total. The molecule has 0 amide bonds. The van der Waals surface area contributed by atoms with Gasteiger partial charge >= 0.3 is 5.97 Å². The summed E-state index contributed by atoms with van der Waals surface area (Å²) in [5.41, 5.74) is 0.946. The number of anilines is 1. The van der Waals surface area contributed by atoms with Crippen molar-refractivity contribution in [1.29, 1.82) is 0 Å². The number of hydrogen-bond donors (Lipinski definition) is 1. The lowest BCUT2D eigenvalue weighted by atomic mass is 10.2. The molecule has 0 unspecified atom stereocenters. The molecule has 0 spiro atoms. The SMILES string of the molecule is COC(=O)CCc1csc(NCCCN(C)C(C)C)n1. The predicted molar refractivity (Wildman–Crippen MR) is 83.3 cm³/mol. The monoisotopic (exact) mass is 299 g/mol. The highest BCUT2D eigenvalue weighted by Crippen LogP contribution is 2.16. The molecule has 1 aromatic heterocycles. The van der Waals surface area contributed by atoms with Gasteiger partial charge in [-0.3, -0.25) is 4.79 Å². The number of methoxy groups -OCH3 is 1. The van der Waals surface area contributed by atoms with Crippen LogP contribution in [-0.2, 0) is 16.0 Å². The zero-order valence-corrected chi connectivity index (χ0v) is 13.6. The maximum atomic E-state index is 11.1. The molecular formula is C14H25N3O2S. The Morgan fingerprint density at radius 2 is 2.30 bits per heavy atom. The van der Waals surface area contributed by atoms with Gasteiger partial charge in [-0.25, -0.2) is 4.98 Å². The van der Waals surface area contributed by atoms with Crippen LogP contribution >= 0.6 is 11.3 Å². The number of carbonyl (C=O) groups excluding carboxylic acids is 1. The summed E-state index contributed by atoms with van der Waals surface area (Å²) in [7, 11) is 3.55. The molecule has 0 saturated carbocycles. The number of nitrogens with zero attached hydrogens (tertiary/aromatic N) is 2. The normalized spacial score (nSPS) is 11.1. The van der Waals surface area contributed by atoms with Crippen molar-refractivity contribution in [3.05, 3.63) is 11.1 Å². The van der Waals surface area contributed by atoms with E-state index in [1.54, 1.807) is 11.3 Å². The topological polar surface area (TPSA) is 54.5 Å². The number of hydrogen-bond acceptors (Lipinski definition) is 6. The number of thiazole rings is 1. The van der Waals surface area contributed by atoms with E-state index < -0.39 is 0 Å². The van der Waals surface area contributed by atoms with Crippen LogP contribution in [0.5, 0.6) is 0 Å². The molecule has 0 radical (unpaired) electrons. The minimum absolute atomic E-state index is 0.191. The maximum absolute atomic E-state index is 11.1. The van der Waals surface area contributed by atoms with Crippen LogP contribution in [0.15, 0.2) is 5.38 Å². The van der Waals surface area contributed by atoms with Crippen molar-refractivity contribution in [2.24, 2.45) is 0 Å². The third-order valence-corrected chi connectivity index (χ3v) is 4.06. The van der Waals surface area contributed by atoms with Gasteiger partial charge in [-0.05, 0) is 33.9 Å². The van der Waals surface area contributed by atoms with E-state index in [1.165, 1.54) is 7.11 Å². The third kappa shape index (κ3) is 6.34. The van der Waals surface area contributed by atoms with E-state index in [1.807, 2.05) is 5.38 Å². The largest absolute Gasteiger partial charge is 0.469 e. The van der Waals surface area contributed by atoms with E-state index in [4.69, 9.17) is 0 Å². The van der Waals surface area contributed by atoms with Gasteiger partial charge in [-0.1, -0.05) is 0 Å². The van der Waals surface area contributed by atoms with Crippen LogP contribution in [0.25, 0.3) is 0 Å². The summed E-state index contributed by atoms with van der Waals surface area (Å²) >= 11 is 1.59. The Balaban J connectivity index is 2.22. The smallest absolute Gasteiger partial charge is 0.305 e. The van der Waals surface area contributed by atoms with Gasteiger partial charge in [0.2, 0.25) is 0 Å². The number of esters is 1. The highest BCUT2D eigenvalue weighted by atomic mass is 32.1. The van der Waals surface area contributed by atoms with Crippen molar-refractivity contribution < 1.29 is 9.53 Å². The Kier molecular flexibility index (Phi) is 7.54. The van der Waals surface area contributed by atoms with Gasteiger partial charge in [0.25, 0.3) is 0 Å². The summed E-state index contributed by atoms with van der Waals surface area (Å²) in [4.78, 5) is 17.8. The summed E-state index contributed by atoms with van der Waals surface area (Å²) < 4.78 is 4.62. The molecule has 0 aromatic carbocycles. The Labute approximate surface area is 125 Å². The van der Waals surface area contributed by atoms with E-state index in [2.05, 4.69) is 40.8 Å². The van der Waals surface area contributed by atoms with Crippen LogP contribution in [0.3, 0.4) is 0 Å². The Morgan fingerprint density at radius 1 is 1.55 bits per heavy atom. The number of aryl methyl sites for hydroxylation is 1. The molecule has 1 heterocycles. The van der Waals surface area contributed by atoms with Crippen molar-refractivity contribution in [1.82, 2.24) is 9.88 Å². The zero-order valence-electron chi connectivity index (χ0n) is 12.8. The quantitative estimate of drug-likeness (QED) is 0.560. The van der Waals surface area contributed by atoms with Crippen molar-refractivity contribution in [2.45, 2.75) is 39.2 Å². The standard InChI is InChI=1S/C14H25N3O2S/c1-11(2)17(3)9-5-8-15-14-16-12(10-20-14)6-7-13(18)19-4/h10-11H,5-9H2,1-4H3,(H,15,16). The third-order valence-electron chi connectivity index (χ3n) is 3.21. The summed E-state index contributed by atoms with van der Waals surface area (Å²) in [6.45, 7) is 6.38. The molecule has 0 aliphatic carbocycles. The van der Waals surface area contributed by atoms with Crippen LogP contribution in [0.1, 0.15) is 32.4 Å². The van der Waals surface area contributed by atoms with E-state index in [0.717, 1.165) is 30.3 Å². The van der Waals surface area contributed by atoms with Gasteiger partial charge in [0.05, 0.1) is 19.2 Å². The Bertz CT molecular complexity index is 407. The van der Waals surface area contributed by atoms with Gasteiger partial charge in [0.15, 0.2) is 5.13 Å². The summed E-state index contributed by atoms with van der Waals surface area (Å²) in [5, 5.41) is 6.24. The average Bonchev–Trinajstić information content (AvgIpc) is 2.88. The first kappa shape index (κ1) is 16.9. The van der Waals surface area contributed by atoms with Gasteiger partial charge in [-0.2, -0.15) is 0 Å². The Morgan fingerprint density at radius 3 is 2.95 bits per heavy atom. The molecule has 20 heavy (non-hydrogen) atoms. The van der Waals surface area contributed by atoms with Crippen LogP contribution in [-0.4, -0.2) is 49.1 Å². The predicted octanol–water partition coefficient (Wildman–Crippen LogP) is 2.39. The van der Waals surface area contributed by atoms with Crippen LogP contribution in [0.2, 0.25) is 0 Å². The molecule has 0 aliphatic heterocycles. The second kappa shape index (κ2) is 8.92. The van der Waals surface area contributed by atoms with Gasteiger partial charge < -0.3 is 15.0 Å². The lowest BCUT2D eigenvalue weighted by Gasteiger charge is -2.20. The lowest BCUT2D eigenvalue weighted by Crippen LogP contribution is -2.28. The van der Waals surface area contributed by atoms with Crippen LogP contribution < -0.4 is 5.32 Å². The lowest BCUT2D eigenvalue weighted by molar-refractivity contribution is -0.140. The van der Waals surface area contributed by atoms with Gasteiger partial charge in [0, 0.05) is 24.4 Å². The maximum Gasteiger partial charge on any atom is 0.305 e. The first-order valence-electron chi connectivity index (χ1n) is 6.98. The fraction of sp³-hybridized carbons (Fsp3) is 0.714. The highest BCUT2D eigenvalue weighted by molar-refractivity contribution is 7.13. The minimum Gasteiger partial charge on any atom is -0.469 e. The second-order valence-corrected chi connectivity index (χ2v) is 5.93. The first-order chi connectivity index (χ1) is 9.52. The second-order valence-electron chi connectivity index (χ2n) is 5.07. The number of rotatable bonds is 9. The van der Waals surface area contributed by atoms with Crippen LogP contribution in [0.4, 0.5) is 5.13 Å². The number of nitrogens with one attached hydrogen (secondary N) is 1. The highest BCUT2D eigenvalue weighted by Gasteiger charge is 2.06. The molecule has 0 bridgehead atoms. The van der Waals surface area contributed by atoms with E-state index >= 15 is 0 Å². The fourth-order valence-corrected chi connectivity index (χ4v) is 2.39. The molecule has 1 rings (SSSR count). The summed E-state index contributed by atoms with van der Waals surface area (Å²) in [5.74, 6) is -0.191. The minimum atomic E-state index is -0.191. The number of aromatic nitrogens is 1. The van der Waals surface area contributed by atoms with E-state index in [0.29, 0.717) is 18.9 Å².